The highest BCUT2D eigenvalue weighted by Gasteiger charge is 2.52. The van der Waals surface area contributed by atoms with Crippen molar-refractivity contribution in [1.29, 1.82) is 0 Å². The van der Waals surface area contributed by atoms with Gasteiger partial charge in [0.25, 0.3) is 0 Å². The normalized spacial score (nSPS) is 23.6. The third kappa shape index (κ3) is 11.6. The number of methoxy groups -OCH3 is 2. The molecule has 15 heteroatoms. The topological polar surface area (TPSA) is 184 Å². The molecule has 2 heterocycles. The molecule has 2 saturated heterocycles. The van der Waals surface area contributed by atoms with Crippen LogP contribution in [0.5, 0.6) is 0 Å². The minimum absolute atomic E-state index is 0.0498. The third-order valence-electron chi connectivity index (χ3n) is 12.9. The van der Waals surface area contributed by atoms with Crippen molar-refractivity contribution in [3.05, 3.63) is 35.9 Å². The van der Waals surface area contributed by atoms with Crippen LogP contribution >= 0.6 is 0 Å². The number of piperidine rings is 1. The van der Waals surface area contributed by atoms with Gasteiger partial charge in [0, 0.05) is 40.3 Å². The van der Waals surface area contributed by atoms with Crippen molar-refractivity contribution in [3.8, 4) is 0 Å². The lowest BCUT2D eigenvalue weighted by molar-refractivity contribution is -0.159. The Morgan fingerprint density at radius 2 is 1.62 bits per heavy atom. The number of carboxylic acid groups (broad SMARTS) is 1. The van der Waals surface area contributed by atoms with E-state index < -0.39 is 77.8 Å². The number of rotatable bonds is 19. The van der Waals surface area contributed by atoms with Gasteiger partial charge in [-0.3, -0.25) is 24.1 Å². The average Bonchev–Trinajstić information content (AvgIpc) is 3.96. The summed E-state index contributed by atoms with van der Waals surface area (Å²) in [5.74, 6) is -3.20. The van der Waals surface area contributed by atoms with Crippen LogP contribution in [-0.4, -0.2) is 137 Å². The number of ether oxygens (including phenoxy) is 3. The SMILES string of the molecule is CC[C@H](C)[C@@H]([C@@H](CC(=O)N1CCC[C@H]1[C@H](OC)[C@@H](C)C(=O)N[C@@H](Cc1ccccc1)C(=O)OC(C)(C)C)OC)N(C)C(=O)[C@@H](NC(=O)[C@@H]1[C@H]2CC[C@H](C2)N1C(=O)O)C(C)C. The summed E-state index contributed by atoms with van der Waals surface area (Å²) in [6.07, 6.45) is 1.77. The molecular formula is C45H71N5O10. The summed E-state index contributed by atoms with van der Waals surface area (Å²) in [5, 5.41) is 15.8. The molecule has 336 valence electrons. The van der Waals surface area contributed by atoms with Crippen LogP contribution in [0.3, 0.4) is 0 Å². The number of nitrogens with one attached hydrogen (secondary N) is 2. The van der Waals surface area contributed by atoms with E-state index in [1.807, 2.05) is 58.0 Å². The largest absolute Gasteiger partial charge is 0.465 e. The first-order valence-electron chi connectivity index (χ1n) is 21.7. The molecule has 1 saturated carbocycles. The van der Waals surface area contributed by atoms with Crippen molar-refractivity contribution in [3.63, 3.8) is 0 Å². The maximum Gasteiger partial charge on any atom is 0.408 e. The number of nitrogens with zero attached hydrogens (tertiary/aromatic N) is 3. The number of hydrogen-bond donors (Lipinski definition) is 3. The van der Waals surface area contributed by atoms with Crippen molar-refractivity contribution in [2.24, 2.45) is 23.7 Å². The van der Waals surface area contributed by atoms with Crippen LogP contribution < -0.4 is 10.6 Å². The molecule has 15 nitrogen and oxygen atoms in total. The first-order chi connectivity index (χ1) is 28.2. The van der Waals surface area contributed by atoms with Gasteiger partial charge < -0.3 is 39.8 Å². The van der Waals surface area contributed by atoms with Gasteiger partial charge in [-0.25, -0.2) is 9.59 Å². The lowest BCUT2D eigenvalue weighted by atomic mass is 9.89. The molecule has 1 aromatic rings. The molecule has 0 unspecified atom stereocenters. The molecule has 1 aromatic carbocycles. The lowest BCUT2D eigenvalue weighted by Crippen LogP contribution is -2.60. The van der Waals surface area contributed by atoms with E-state index >= 15 is 0 Å². The molecule has 2 aliphatic heterocycles. The predicted octanol–water partition coefficient (Wildman–Crippen LogP) is 4.65. The van der Waals surface area contributed by atoms with Crippen LogP contribution in [0.4, 0.5) is 4.79 Å². The Labute approximate surface area is 356 Å². The minimum Gasteiger partial charge on any atom is -0.465 e. The van der Waals surface area contributed by atoms with Crippen molar-refractivity contribution < 1.29 is 48.1 Å². The molecule has 11 atom stereocenters. The van der Waals surface area contributed by atoms with E-state index in [9.17, 15) is 33.9 Å². The fourth-order valence-corrected chi connectivity index (χ4v) is 9.60. The zero-order valence-electron chi connectivity index (χ0n) is 37.6. The number of esters is 1. The maximum atomic E-state index is 14.4. The number of fused-ring (bicyclic) bond motifs is 2. The van der Waals surface area contributed by atoms with Gasteiger partial charge >= 0.3 is 12.1 Å². The Bertz CT molecular complexity index is 1650. The molecule has 3 aliphatic rings. The Kier molecular flexibility index (Phi) is 17.0. The number of amides is 5. The summed E-state index contributed by atoms with van der Waals surface area (Å²) in [5.41, 5.74) is 0.102. The number of hydrogen-bond acceptors (Lipinski definition) is 9. The van der Waals surface area contributed by atoms with Crippen LogP contribution in [-0.2, 0) is 44.6 Å². The predicted molar refractivity (Wildman–Crippen MR) is 226 cm³/mol. The smallest absolute Gasteiger partial charge is 0.408 e. The highest BCUT2D eigenvalue weighted by atomic mass is 16.6. The zero-order valence-corrected chi connectivity index (χ0v) is 37.6. The molecule has 5 amide bonds. The zero-order chi connectivity index (χ0) is 44.6. The third-order valence-corrected chi connectivity index (χ3v) is 12.9. The van der Waals surface area contributed by atoms with Gasteiger partial charge in [0.05, 0.1) is 36.6 Å². The van der Waals surface area contributed by atoms with Crippen molar-refractivity contribution in [2.45, 2.75) is 161 Å². The van der Waals surface area contributed by atoms with E-state index in [2.05, 4.69) is 10.6 Å². The first kappa shape index (κ1) is 48.4. The van der Waals surface area contributed by atoms with Gasteiger partial charge in [-0.05, 0) is 76.2 Å². The molecule has 2 bridgehead atoms. The molecule has 0 radical (unpaired) electrons. The molecule has 3 fully saturated rings. The number of carbonyl (C=O) groups is 6. The van der Waals surface area contributed by atoms with Crippen molar-refractivity contribution >= 4 is 35.7 Å². The highest BCUT2D eigenvalue weighted by Crippen LogP contribution is 2.42. The van der Waals surface area contributed by atoms with Crippen LogP contribution in [0.1, 0.15) is 106 Å². The lowest BCUT2D eigenvalue weighted by Gasteiger charge is -2.41. The molecule has 1 aliphatic carbocycles. The summed E-state index contributed by atoms with van der Waals surface area (Å²) in [7, 11) is 4.70. The van der Waals surface area contributed by atoms with Crippen LogP contribution in [0.2, 0.25) is 0 Å². The Morgan fingerprint density at radius 3 is 2.18 bits per heavy atom. The van der Waals surface area contributed by atoms with Gasteiger partial charge in [-0.15, -0.1) is 0 Å². The fraction of sp³-hybridized carbons (Fsp3) is 0.733. The molecule has 4 rings (SSSR count). The van der Waals surface area contributed by atoms with Gasteiger partial charge in [0.2, 0.25) is 23.6 Å². The van der Waals surface area contributed by atoms with Gasteiger partial charge in [0.15, 0.2) is 0 Å². The minimum atomic E-state index is -1.13. The second-order valence-electron chi connectivity index (χ2n) is 18.5. The molecule has 0 aromatic heterocycles. The van der Waals surface area contributed by atoms with E-state index in [1.54, 1.807) is 44.5 Å². The quantitative estimate of drug-likeness (QED) is 0.166. The average molecular weight is 842 g/mol. The summed E-state index contributed by atoms with van der Waals surface area (Å²) in [4.78, 5) is 86.4. The van der Waals surface area contributed by atoms with E-state index in [0.29, 0.717) is 32.2 Å². The summed E-state index contributed by atoms with van der Waals surface area (Å²) in [6.45, 7) is 15.2. The number of likely N-dealkylation sites (N-methyl/N-ethyl adjacent to an activating group) is 1. The Morgan fingerprint density at radius 1 is 0.950 bits per heavy atom. The Balaban J connectivity index is 1.49. The van der Waals surface area contributed by atoms with E-state index in [-0.39, 0.29) is 48.5 Å². The van der Waals surface area contributed by atoms with Crippen LogP contribution in [0, 0.1) is 23.7 Å². The van der Waals surface area contributed by atoms with Crippen LogP contribution in [0.25, 0.3) is 0 Å². The maximum absolute atomic E-state index is 14.4. The summed E-state index contributed by atoms with van der Waals surface area (Å²) >= 11 is 0. The first-order valence-corrected chi connectivity index (χ1v) is 21.7. The van der Waals surface area contributed by atoms with E-state index in [4.69, 9.17) is 14.2 Å². The van der Waals surface area contributed by atoms with Gasteiger partial charge in [-0.1, -0.05) is 71.4 Å². The van der Waals surface area contributed by atoms with Crippen molar-refractivity contribution in [2.75, 3.05) is 27.8 Å². The van der Waals surface area contributed by atoms with Crippen LogP contribution in [0.15, 0.2) is 30.3 Å². The fourth-order valence-electron chi connectivity index (χ4n) is 9.60. The molecule has 3 N–H and O–H groups in total. The monoisotopic (exact) mass is 842 g/mol. The second-order valence-corrected chi connectivity index (χ2v) is 18.5. The standard InChI is InChI=1S/C45H71N5O10/c1-12-27(4)37(48(9)42(54)36(26(2)3)47-41(53)38-30-20-21-31(24-30)50(38)44(56)57)34(58-10)25-35(51)49-22-16-19-33(49)39(59-11)28(5)40(52)46-32(43(55)60-45(6,7)8)23-29-17-14-13-15-18-29/h13-15,17-18,26-28,30-34,36-39H,12,16,19-25H2,1-11H3,(H,46,52)(H,47,53)(H,56,57)/t27-,28+,30-,31+,32-,33-,34+,36-,37-,38-,39+/m0/s1. The van der Waals surface area contributed by atoms with Gasteiger partial charge in [-0.2, -0.15) is 0 Å². The van der Waals surface area contributed by atoms with E-state index in [1.165, 1.54) is 19.1 Å². The molecular weight excluding hydrogens is 771 g/mol. The van der Waals surface area contributed by atoms with Gasteiger partial charge in [0.1, 0.15) is 23.7 Å². The molecule has 60 heavy (non-hydrogen) atoms. The summed E-state index contributed by atoms with van der Waals surface area (Å²) in [6, 6.07) is 5.50. The summed E-state index contributed by atoms with van der Waals surface area (Å²) < 4.78 is 17.7. The Hall–Kier alpha value is -4.24. The number of benzene rings is 1. The number of carbonyl (C=O) groups excluding carboxylic acids is 5. The number of likely N-dealkylation sites (tertiary alicyclic amines) is 2. The second kappa shape index (κ2) is 21.0. The van der Waals surface area contributed by atoms with E-state index in [0.717, 1.165) is 18.4 Å². The molecule has 0 spiro atoms. The van der Waals surface area contributed by atoms with Crippen molar-refractivity contribution in [1.82, 2.24) is 25.3 Å². The highest BCUT2D eigenvalue weighted by molar-refractivity contribution is 5.92.